The van der Waals surface area contributed by atoms with E-state index in [9.17, 15) is 9.59 Å². The van der Waals surface area contributed by atoms with Crippen molar-refractivity contribution in [3.8, 4) is 16.9 Å². The summed E-state index contributed by atoms with van der Waals surface area (Å²) in [5.74, 6) is 0.225. The average Bonchev–Trinajstić information content (AvgIpc) is 3.28. The summed E-state index contributed by atoms with van der Waals surface area (Å²) in [6.07, 6.45) is 0. The first-order valence-electron chi connectivity index (χ1n) is 11.2. The normalized spacial score (nSPS) is 10.5. The molecule has 0 saturated heterocycles. The van der Waals surface area contributed by atoms with E-state index in [1.807, 2.05) is 105 Å². The third kappa shape index (κ3) is 5.50. The Morgan fingerprint density at radius 2 is 1.53 bits per heavy atom. The van der Waals surface area contributed by atoms with E-state index in [4.69, 9.17) is 5.10 Å². The third-order valence-corrected chi connectivity index (χ3v) is 5.35. The highest BCUT2D eigenvalue weighted by Gasteiger charge is 2.18. The fourth-order valence-electron chi connectivity index (χ4n) is 3.51. The third-order valence-electron chi connectivity index (χ3n) is 5.35. The average molecular weight is 454 g/mol. The van der Waals surface area contributed by atoms with Gasteiger partial charge in [0.1, 0.15) is 12.4 Å². The summed E-state index contributed by atoms with van der Waals surface area (Å²) in [7, 11) is 0. The molecule has 7 nitrogen and oxygen atoms in total. The van der Waals surface area contributed by atoms with Crippen molar-refractivity contribution in [1.29, 1.82) is 0 Å². The fourth-order valence-corrected chi connectivity index (χ4v) is 3.51. The van der Waals surface area contributed by atoms with Gasteiger partial charge in [-0.1, -0.05) is 66.2 Å². The largest absolute Gasteiger partial charge is 0.322 e. The number of benzene rings is 3. The van der Waals surface area contributed by atoms with E-state index in [1.165, 1.54) is 4.90 Å². The van der Waals surface area contributed by atoms with Crippen molar-refractivity contribution in [2.45, 2.75) is 13.8 Å². The minimum absolute atomic E-state index is 0.0885. The standard InChI is InChI=1S/C27H27N5O2/c1-3-31(27(34)28-22-16-14-20(2)15-17-22)19-26(33)29-25-18-24(21-10-6-4-7-11-21)30-32(25)23-12-8-5-9-13-23/h4-18H,3,19H2,1-2H3,(H,28,34)(H,29,33). The van der Waals surface area contributed by atoms with Crippen LogP contribution in [0.3, 0.4) is 0 Å². The predicted octanol–water partition coefficient (Wildman–Crippen LogP) is 5.34. The number of urea groups is 1. The van der Waals surface area contributed by atoms with E-state index in [0.29, 0.717) is 18.1 Å². The lowest BCUT2D eigenvalue weighted by atomic mass is 10.1. The number of carbonyl (C=O) groups is 2. The van der Waals surface area contributed by atoms with E-state index in [2.05, 4.69) is 10.6 Å². The summed E-state index contributed by atoms with van der Waals surface area (Å²) in [5.41, 5.74) is 4.30. The molecule has 1 aromatic heterocycles. The number of para-hydroxylation sites is 1. The Morgan fingerprint density at radius 1 is 0.882 bits per heavy atom. The number of nitrogens with one attached hydrogen (secondary N) is 2. The van der Waals surface area contributed by atoms with Gasteiger partial charge in [0, 0.05) is 23.9 Å². The van der Waals surface area contributed by atoms with Crippen molar-refractivity contribution in [1.82, 2.24) is 14.7 Å². The van der Waals surface area contributed by atoms with Gasteiger partial charge in [-0.2, -0.15) is 5.10 Å². The highest BCUT2D eigenvalue weighted by Crippen LogP contribution is 2.24. The number of rotatable bonds is 7. The molecule has 0 aliphatic heterocycles. The lowest BCUT2D eigenvalue weighted by Crippen LogP contribution is -2.40. The number of aromatic nitrogens is 2. The van der Waals surface area contributed by atoms with Gasteiger partial charge >= 0.3 is 6.03 Å². The Hall–Kier alpha value is -4.39. The van der Waals surface area contributed by atoms with Gasteiger partial charge < -0.3 is 15.5 Å². The molecule has 34 heavy (non-hydrogen) atoms. The van der Waals surface area contributed by atoms with Crippen LogP contribution in [0.25, 0.3) is 16.9 Å². The molecule has 0 atom stereocenters. The second-order valence-corrected chi connectivity index (χ2v) is 7.89. The number of anilines is 2. The van der Waals surface area contributed by atoms with E-state index >= 15 is 0 Å². The van der Waals surface area contributed by atoms with Crippen LogP contribution in [-0.2, 0) is 4.79 Å². The topological polar surface area (TPSA) is 79.3 Å². The number of nitrogens with zero attached hydrogens (tertiary/aromatic N) is 3. The van der Waals surface area contributed by atoms with E-state index < -0.39 is 0 Å². The van der Waals surface area contributed by atoms with Crippen molar-refractivity contribution in [3.63, 3.8) is 0 Å². The molecule has 0 fully saturated rings. The number of carbonyl (C=O) groups excluding carboxylic acids is 2. The molecule has 3 amide bonds. The van der Waals surface area contributed by atoms with Gasteiger partial charge in [-0.05, 0) is 38.1 Å². The van der Waals surface area contributed by atoms with Crippen LogP contribution in [0.2, 0.25) is 0 Å². The van der Waals surface area contributed by atoms with Gasteiger partial charge in [0.2, 0.25) is 5.91 Å². The lowest BCUT2D eigenvalue weighted by molar-refractivity contribution is -0.116. The van der Waals surface area contributed by atoms with Crippen LogP contribution < -0.4 is 10.6 Å². The lowest BCUT2D eigenvalue weighted by Gasteiger charge is -2.21. The summed E-state index contributed by atoms with van der Waals surface area (Å²) in [6, 6.07) is 28.4. The van der Waals surface area contributed by atoms with Gasteiger partial charge in [0.15, 0.2) is 0 Å². The number of hydrogen-bond acceptors (Lipinski definition) is 3. The maximum Gasteiger partial charge on any atom is 0.322 e. The van der Waals surface area contributed by atoms with Crippen LogP contribution in [0.1, 0.15) is 12.5 Å². The zero-order chi connectivity index (χ0) is 23.9. The summed E-state index contributed by atoms with van der Waals surface area (Å²) in [6.45, 7) is 4.12. The zero-order valence-corrected chi connectivity index (χ0v) is 19.2. The zero-order valence-electron chi connectivity index (χ0n) is 19.2. The van der Waals surface area contributed by atoms with Crippen LogP contribution in [0, 0.1) is 6.92 Å². The first-order chi connectivity index (χ1) is 16.5. The first kappa shape index (κ1) is 22.8. The maximum absolute atomic E-state index is 12.9. The van der Waals surface area contributed by atoms with E-state index in [-0.39, 0.29) is 18.5 Å². The molecule has 3 aromatic carbocycles. The van der Waals surface area contributed by atoms with Gasteiger partial charge in [-0.3, -0.25) is 4.79 Å². The van der Waals surface area contributed by atoms with Crippen LogP contribution in [0.4, 0.5) is 16.3 Å². The molecule has 0 aliphatic rings. The number of amides is 3. The predicted molar refractivity (Wildman–Crippen MR) is 135 cm³/mol. The van der Waals surface area contributed by atoms with Crippen LogP contribution in [0.15, 0.2) is 91.0 Å². The molecule has 0 spiro atoms. The second kappa shape index (κ2) is 10.5. The molecule has 4 aromatic rings. The monoisotopic (exact) mass is 453 g/mol. The Balaban J connectivity index is 1.51. The SMILES string of the molecule is CCN(CC(=O)Nc1cc(-c2ccccc2)nn1-c1ccccc1)C(=O)Nc1ccc(C)cc1. The first-order valence-corrected chi connectivity index (χ1v) is 11.2. The maximum atomic E-state index is 12.9. The molecule has 0 saturated carbocycles. The van der Waals surface area contributed by atoms with Gasteiger partial charge in [0.05, 0.1) is 11.4 Å². The van der Waals surface area contributed by atoms with Crippen LogP contribution in [-0.4, -0.2) is 39.7 Å². The quantitative estimate of drug-likeness (QED) is 0.396. The van der Waals surface area contributed by atoms with Crippen molar-refractivity contribution in [3.05, 3.63) is 96.6 Å². The summed E-state index contributed by atoms with van der Waals surface area (Å²) in [5, 5.41) is 10.5. The van der Waals surface area contributed by atoms with Gasteiger partial charge in [0.25, 0.3) is 0 Å². The molecule has 7 heteroatoms. The summed E-state index contributed by atoms with van der Waals surface area (Å²) < 4.78 is 1.70. The summed E-state index contributed by atoms with van der Waals surface area (Å²) in [4.78, 5) is 27.1. The Kier molecular flexibility index (Phi) is 7.03. The molecule has 2 N–H and O–H groups in total. The second-order valence-electron chi connectivity index (χ2n) is 7.89. The Bertz CT molecular complexity index is 1250. The molecule has 0 radical (unpaired) electrons. The molecular formula is C27H27N5O2. The summed E-state index contributed by atoms with van der Waals surface area (Å²) >= 11 is 0. The number of aryl methyl sites for hydroxylation is 1. The van der Waals surface area contributed by atoms with Crippen molar-refractivity contribution in [2.75, 3.05) is 23.7 Å². The molecule has 0 aliphatic carbocycles. The van der Waals surface area contributed by atoms with Gasteiger partial charge in [-0.15, -0.1) is 0 Å². The van der Waals surface area contributed by atoms with Crippen molar-refractivity contribution in [2.24, 2.45) is 0 Å². The molecule has 172 valence electrons. The highest BCUT2D eigenvalue weighted by molar-refractivity contribution is 5.97. The van der Waals surface area contributed by atoms with Crippen LogP contribution in [0.5, 0.6) is 0 Å². The van der Waals surface area contributed by atoms with Crippen LogP contribution >= 0.6 is 0 Å². The Morgan fingerprint density at radius 3 is 2.18 bits per heavy atom. The molecule has 4 rings (SSSR count). The highest BCUT2D eigenvalue weighted by atomic mass is 16.2. The molecule has 0 bridgehead atoms. The van der Waals surface area contributed by atoms with Gasteiger partial charge in [-0.25, -0.2) is 9.48 Å². The molecular weight excluding hydrogens is 426 g/mol. The molecule has 0 unspecified atom stereocenters. The van der Waals surface area contributed by atoms with Crippen molar-refractivity contribution >= 4 is 23.4 Å². The van der Waals surface area contributed by atoms with E-state index in [0.717, 1.165) is 22.5 Å². The Labute approximate surface area is 199 Å². The minimum atomic E-state index is -0.331. The molecule has 1 heterocycles. The number of likely N-dealkylation sites (N-methyl/N-ethyl adjacent to an activating group) is 1. The van der Waals surface area contributed by atoms with E-state index in [1.54, 1.807) is 4.68 Å². The minimum Gasteiger partial charge on any atom is -0.315 e. The fraction of sp³-hybridized carbons (Fsp3) is 0.148. The van der Waals surface area contributed by atoms with Crippen molar-refractivity contribution < 1.29 is 9.59 Å². The smallest absolute Gasteiger partial charge is 0.315 e. The number of hydrogen-bond donors (Lipinski definition) is 2.